The largest absolute Gasteiger partial charge is 0.370 e. The summed E-state index contributed by atoms with van der Waals surface area (Å²) in [6.45, 7) is 0. The molecular formula is C23H24N6O3S. The standard InChI is InChI=1S/C23H24N6O3S/c24-20(30)9-3-1-2-8-17(29-23(32)19-12-25-13-33-19)21-26-11-18(27-21)15-10-14-6-4-5-7-16(14)28-22(15)31/h4-7,10-13,17H,1-3,8-9H2,(H2,24,30)(H,26,27)(H,28,31)(H,29,32)/t17-/m0/s1. The Kier molecular flexibility index (Phi) is 6.94. The molecule has 33 heavy (non-hydrogen) atoms. The first kappa shape index (κ1) is 22.4. The molecule has 3 aromatic heterocycles. The van der Waals surface area contributed by atoms with Gasteiger partial charge in [0, 0.05) is 11.9 Å². The molecule has 1 aromatic carbocycles. The number of hydrogen-bond donors (Lipinski definition) is 4. The zero-order valence-corrected chi connectivity index (χ0v) is 18.7. The van der Waals surface area contributed by atoms with Crippen LogP contribution in [0.4, 0.5) is 0 Å². The number of nitrogens with two attached hydrogens (primary N) is 1. The molecule has 4 rings (SSSR count). The highest BCUT2D eigenvalue weighted by Crippen LogP contribution is 2.23. The van der Waals surface area contributed by atoms with E-state index in [0.717, 1.165) is 23.7 Å². The SMILES string of the molecule is NC(=O)CCCCC[C@H](NC(=O)c1cncs1)c1ncc(-c2cc3ccccc3[nH]c2=O)[nH]1. The number of aromatic amines is 2. The van der Waals surface area contributed by atoms with Crippen LogP contribution in [-0.2, 0) is 4.79 Å². The van der Waals surface area contributed by atoms with Crippen molar-refractivity contribution in [3.05, 3.63) is 69.3 Å². The number of nitrogens with one attached hydrogen (secondary N) is 3. The van der Waals surface area contributed by atoms with Crippen LogP contribution in [0.1, 0.15) is 53.6 Å². The summed E-state index contributed by atoms with van der Waals surface area (Å²) in [4.78, 5) is 51.3. The highest BCUT2D eigenvalue weighted by Gasteiger charge is 2.20. The summed E-state index contributed by atoms with van der Waals surface area (Å²) in [5.41, 5.74) is 8.39. The quantitative estimate of drug-likeness (QED) is 0.266. The van der Waals surface area contributed by atoms with Gasteiger partial charge in [0.2, 0.25) is 5.91 Å². The minimum atomic E-state index is -0.388. The lowest BCUT2D eigenvalue weighted by Crippen LogP contribution is -2.28. The first-order valence-corrected chi connectivity index (χ1v) is 11.5. The maximum absolute atomic E-state index is 12.6. The number of para-hydroxylation sites is 1. The molecule has 0 unspecified atom stereocenters. The van der Waals surface area contributed by atoms with E-state index < -0.39 is 0 Å². The van der Waals surface area contributed by atoms with E-state index in [1.54, 1.807) is 11.7 Å². The number of thiazole rings is 1. The number of amides is 2. The summed E-state index contributed by atoms with van der Waals surface area (Å²) < 4.78 is 0. The van der Waals surface area contributed by atoms with Gasteiger partial charge in [0.05, 0.1) is 35.2 Å². The van der Waals surface area contributed by atoms with E-state index in [4.69, 9.17) is 5.73 Å². The number of rotatable bonds is 10. The average Bonchev–Trinajstić information content (AvgIpc) is 3.50. The third kappa shape index (κ3) is 5.53. The van der Waals surface area contributed by atoms with E-state index in [1.807, 2.05) is 30.3 Å². The molecule has 4 aromatic rings. The van der Waals surface area contributed by atoms with E-state index in [-0.39, 0.29) is 23.4 Å². The molecule has 0 saturated heterocycles. The van der Waals surface area contributed by atoms with Crippen LogP contribution < -0.4 is 16.6 Å². The molecule has 0 aliphatic carbocycles. The first-order valence-electron chi connectivity index (χ1n) is 10.7. The Morgan fingerprint density at radius 3 is 2.76 bits per heavy atom. The molecule has 0 aliphatic heterocycles. The van der Waals surface area contributed by atoms with E-state index in [9.17, 15) is 14.4 Å². The highest BCUT2D eigenvalue weighted by molar-refractivity contribution is 7.11. The van der Waals surface area contributed by atoms with E-state index in [0.29, 0.717) is 41.2 Å². The second-order valence-corrected chi connectivity index (χ2v) is 8.63. The van der Waals surface area contributed by atoms with Gasteiger partial charge in [0.25, 0.3) is 11.5 Å². The number of pyridine rings is 1. The normalized spacial score (nSPS) is 12.0. The van der Waals surface area contributed by atoms with E-state index in [2.05, 4.69) is 25.3 Å². The fourth-order valence-corrected chi connectivity index (χ4v) is 4.18. The number of nitrogens with zero attached hydrogens (tertiary/aromatic N) is 2. The van der Waals surface area contributed by atoms with Gasteiger partial charge in [-0.1, -0.05) is 31.0 Å². The second kappa shape index (κ2) is 10.2. The Morgan fingerprint density at radius 1 is 1.12 bits per heavy atom. The maximum Gasteiger partial charge on any atom is 0.263 e. The monoisotopic (exact) mass is 464 g/mol. The summed E-state index contributed by atoms with van der Waals surface area (Å²) in [6.07, 6.45) is 6.35. The maximum atomic E-state index is 12.6. The molecule has 0 bridgehead atoms. The first-order chi connectivity index (χ1) is 16.0. The number of aromatic nitrogens is 4. The van der Waals surface area contributed by atoms with Crippen molar-refractivity contribution in [3.63, 3.8) is 0 Å². The lowest BCUT2D eigenvalue weighted by Gasteiger charge is -2.16. The van der Waals surface area contributed by atoms with Crippen molar-refractivity contribution < 1.29 is 9.59 Å². The van der Waals surface area contributed by atoms with Gasteiger partial charge in [0.1, 0.15) is 10.7 Å². The summed E-state index contributed by atoms with van der Waals surface area (Å²) in [5.74, 6) is 0.00722. The highest BCUT2D eigenvalue weighted by atomic mass is 32.1. The Morgan fingerprint density at radius 2 is 1.97 bits per heavy atom. The molecule has 10 heteroatoms. The predicted molar refractivity (Wildman–Crippen MR) is 127 cm³/mol. The van der Waals surface area contributed by atoms with Crippen LogP contribution in [0, 0.1) is 0 Å². The third-order valence-corrected chi connectivity index (χ3v) is 6.12. The van der Waals surface area contributed by atoms with Crippen LogP contribution in [0.15, 0.2) is 53.0 Å². The third-order valence-electron chi connectivity index (χ3n) is 5.35. The van der Waals surface area contributed by atoms with Gasteiger partial charge in [-0.2, -0.15) is 0 Å². The number of carbonyl (C=O) groups is 2. The molecule has 1 atom stereocenters. The van der Waals surface area contributed by atoms with Gasteiger partial charge < -0.3 is 21.0 Å². The van der Waals surface area contributed by atoms with Crippen molar-refractivity contribution in [3.8, 4) is 11.3 Å². The lowest BCUT2D eigenvalue weighted by atomic mass is 10.1. The molecule has 3 heterocycles. The van der Waals surface area contributed by atoms with Crippen molar-refractivity contribution in [2.75, 3.05) is 0 Å². The molecule has 170 valence electrons. The molecular weight excluding hydrogens is 440 g/mol. The van der Waals surface area contributed by atoms with Crippen molar-refractivity contribution in [1.29, 1.82) is 0 Å². The van der Waals surface area contributed by atoms with E-state index in [1.165, 1.54) is 17.5 Å². The van der Waals surface area contributed by atoms with Crippen molar-refractivity contribution in [2.24, 2.45) is 5.73 Å². The zero-order valence-electron chi connectivity index (χ0n) is 17.8. The van der Waals surface area contributed by atoms with Gasteiger partial charge in [-0.3, -0.25) is 19.4 Å². The number of H-pyrrole nitrogens is 2. The van der Waals surface area contributed by atoms with Crippen molar-refractivity contribution in [1.82, 2.24) is 25.3 Å². The van der Waals surface area contributed by atoms with Crippen LogP contribution in [0.3, 0.4) is 0 Å². The summed E-state index contributed by atoms with van der Waals surface area (Å²) in [5, 5.41) is 3.91. The molecule has 0 spiro atoms. The van der Waals surface area contributed by atoms with Crippen LogP contribution in [0.25, 0.3) is 22.2 Å². The summed E-state index contributed by atoms with van der Waals surface area (Å²) in [6, 6.07) is 8.98. The fraction of sp³-hybridized carbons (Fsp3) is 0.261. The lowest BCUT2D eigenvalue weighted by molar-refractivity contribution is -0.118. The van der Waals surface area contributed by atoms with E-state index >= 15 is 0 Å². The molecule has 9 nitrogen and oxygen atoms in total. The Bertz CT molecular complexity index is 1310. The van der Waals surface area contributed by atoms with Gasteiger partial charge in [-0.25, -0.2) is 4.98 Å². The van der Waals surface area contributed by atoms with Gasteiger partial charge in [-0.15, -0.1) is 11.3 Å². The zero-order chi connectivity index (χ0) is 23.2. The summed E-state index contributed by atoms with van der Waals surface area (Å²) in [7, 11) is 0. The predicted octanol–water partition coefficient (Wildman–Crippen LogP) is 3.28. The molecule has 2 amide bonds. The van der Waals surface area contributed by atoms with Crippen LogP contribution >= 0.6 is 11.3 Å². The summed E-state index contributed by atoms with van der Waals surface area (Å²) >= 11 is 1.26. The molecule has 5 N–H and O–H groups in total. The van der Waals surface area contributed by atoms with Gasteiger partial charge in [-0.05, 0) is 30.4 Å². The van der Waals surface area contributed by atoms with Crippen LogP contribution in [0.2, 0.25) is 0 Å². The molecule has 0 aliphatic rings. The number of hydrogen-bond acceptors (Lipinski definition) is 6. The minimum Gasteiger partial charge on any atom is -0.370 e. The number of primary amides is 1. The number of imidazole rings is 1. The molecule has 0 fully saturated rings. The number of unbranched alkanes of at least 4 members (excludes halogenated alkanes) is 2. The number of carbonyl (C=O) groups excluding carboxylic acids is 2. The smallest absolute Gasteiger partial charge is 0.263 e. The molecule has 0 saturated carbocycles. The molecule has 0 radical (unpaired) electrons. The minimum absolute atomic E-state index is 0.222. The Balaban J connectivity index is 1.55. The Hall–Kier alpha value is -3.79. The fourth-order valence-electron chi connectivity index (χ4n) is 3.66. The van der Waals surface area contributed by atoms with Gasteiger partial charge >= 0.3 is 0 Å². The van der Waals surface area contributed by atoms with Crippen molar-refractivity contribution >= 4 is 34.1 Å². The number of fused-ring (bicyclic) bond motifs is 1. The van der Waals surface area contributed by atoms with Crippen LogP contribution in [0.5, 0.6) is 0 Å². The Labute approximate surface area is 193 Å². The van der Waals surface area contributed by atoms with Crippen LogP contribution in [-0.4, -0.2) is 31.8 Å². The second-order valence-electron chi connectivity index (χ2n) is 7.74. The number of benzene rings is 1. The van der Waals surface area contributed by atoms with Gasteiger partial charge in [0.15, 0.2) is 0 Å². The topological polar surface area (TPSA) is 147 Å². The van der Waals surface area contributed by atoms with Crippen molar-refractivity contribution in [2.45, 2.75) is 38.1 Å². The average molecular weight is 465 g/mol.